The van der Waals surface area contributed by atoms with Crippen molar-refractivity contribution in [2.75, 3.05) is 0 Å². The van der Waals surface area contributed by atoms with Crippen LogP contribution in [0.4, 0.5) is 0 Å². The predicted molar refractivity (Wildman–Crippen MR) is 303 cm³/mol. The number of para-hydroxylation sites is 6. The van der Waals surface area contributed by atoms with E-state index in [1.165, 1.54) is 31.5 Å². The van der Waals surface area contributed by atoms with Crippen LogP contribution >= 0.6 is 0 Å². The molecule has 0 aliphatic carbocycles. The molecule has 3 heterocycles. The first-order valence-electron chi connectivity index (χ1n) is 24.6. The van der Waals surface area contributed by atoms with E-state index >= 15 is 0 Å². The lowest BCUT2D eigenvalue weighted by Gasteiger charge is -2.35. The zero-order valence-corrected chi connectivity index (χ0v) is 40.2. The van der Waals surface area contributed by atoms with Gasteiger partial charge < -0.3 is 13.7 Å². The fraction of sp³-hybridized carbons (Fsp3) is 0. The van der Waals surface area contributed by atoms with Crippen molar-refractivity contribution in [2.24, 2.45) is 0 Å². The summed E-state index contributed by atoms with van der Waals surface area (Å²) in [6.45, 7) is 0. The Morgan fingerprint density at radius 3 is 0.903 bits per heavy atom. The Balaban J connectivity index is 1.18. The Morgan fingerprint density at radius 2 is 0.569 bits per heavy atom. The van der Waals surface area contributed by atoms with Crippen molar-refractivity contribution in [2.45, 2.75) is 0 Å². The van der Waals surface area contributed by atoms with E-state index in [1.54, 1.807) is 0 Å². The van der Waals surface area contributed by atoms with Crippen molar-refractivity contribution in [3.63, 3.8) is 0 Å². The molecule has 11 aromatic carbocycles. The SMILES string of the molecule is N#Cc1c(-n2c3ccccc3c3ccccc32)cc(-c2cc(-n3c4ccccc4c4ccccc43)cc([Si](c3ccccc3)(c3ccccc3)c3ccccc3)c2)cc1-n1c2ccccc2c2ccccc21. The molecule has 0 bridgehead atoms. The number of nitriles is 1. The largest absolute Gasteiger partial charge is 0.309 e. The van der Waals surface area contributed by atoms with Gasteiger partial charge in [0.15, 0.2) is 8.07 Å². The third kappa shape index (κ3) is 6.16. The van der Waals surface area contributed by atoms with Crippen LogP contribution in [-0.2, 0) is 0 Å². The number of hydrogen-bond acceptors (Lipinski definition) is 1. The van der Waals surface area contributed by atoms with Crippen LogP contribution in [0.2, 0.25) is 0 Å². The lowest BCUT2D eigenvalue weighted by Crippen LogP contribution is -2.74. The lowest BCUT2D eigenvalue weighted by atomic mass is 9.99. The van der Waals surface area contributed by atoms with Gasteiger partial charge in [0, 0.05) is 38.0 Å². The summed E-state index contributed by atoms with van der Waals surface area (Å²) >= 11 is 0. The summed E-state index contributed by atoms with van der Waals surface area (Å²) in [6, 6.07) is 100. The quantitative estimate of drug-likeness (QED) is 0.111. The number of nitrogens with zero attached hydrogens (tertiary/aromatic N) is 4. The number of aromatic nitrogens is 3. The van der Waals surface area contributed by atoms with E-state index in [0.29, 0.717) is 5.56 Å². The number of rotatable bonds is 8. The van der Waals surface area contributed by atoms with Crippen LogP contribution in [0.25, 0.3) is 93.6 Å². The highest BCUT2D eigenvalue weighted by atomic mass is 28.3. The lowest BCUT2D eigenvalue weighted by molar-refractivity contribution is 1.12. The van der Waals surface area contributed by atoms with E-state index in [0.717, 1.165) is 82.8 Å². The number of fused-ring (bicyclic) bond motifs is 9. The van der Waals surface area contributed by atoms with Crippen LogP contribution in [-0.4, -0.2) is 21.8 Å². The molecule has 72 heavy (non-hydrogen) atoms. The van der Waals surface area contributed by atoms with E-state index in [4.69, 9.17) is 0 Å². The van der Waals surface area contributed by atoms with E-state index in [9.17, 15) is 5.26 Å². The summed E-state index contributed by atoms with van der Waals surface area (Å²) in [5.41, 5.74) is 11.8. The normalized spacial score (nSPS) is 11.9. The zero-order chi connectivity index (χ0) is 47.8. The third-order valence-corrected chi connectivity index (χ3v) is 19.7. The molecule has 0 fully saturated rings. The number of hydrogen-bond donors (Lipinski definition) is 0. The van der Waals surface area contributed by atoms with Crippen LogP contribution in [0.5, 0.6) is 0 Å². The van der Waals surface area contributed by atoms with Gasteiger partial charge in [0.2, 0.25) is 0 Å². The Labute approximate surface area is 417 Å². The van der Waals surface area contributed by atoms with Gasteiger partial charge in [-0.05, 0) is 92.5 Å². The fourth-order valence-corrected chi connectivity index (χ4v) is 16.8. The summed E-state index contributed by atoms with van der Waals surface area (Å²) in [5, 5.41) is 23.9. The molecule has 0 aliphatic heterocycles. The van der Waals surface area contributed by atoms with Gasteiger partial charge in [-0.2, -0.15) is 5.26 Å². The van der Waals surface area contributed by atoms with Gasteiger partial charge in [-0.3, -0.25) is 0 Å². The summed E-state index contributed by atoms with van der Waals surface area (Å²) in [6.07, 6.45) is 0. The molecule has 3 aromatic heterocycles. The Morgan fingerprint density at radius 1 is 0.278 bits per heavy atom. The molecule has 5 heteroatoms. The highest BCUT2D eigenvalue weighted by Gasteiger charge is 2.42. The topological polar surface area (TPSA) is 38.6 Å². The molecule has 14 rings (SSSR count). The van der Waals surface area contributed by atoms with E-state index < -0.39 is 8.07 Å². The molecule has 14 aromatic rings. The predicted octanol–water partition coefficient (Wildman–Crippen LogP) is 13.9. The monoisotopic (exact) mass is 932 g/mol. The van der Waals surface area contributed by atoms with Gasteiger partial charge in [-0.15, -0.1) is 0 Å². The van der Waals surface area contributed by atoms with Crippen molar-refractivity contribution < 1.29 is 0 Å². The van der Waals surface area contributed by atoms with Crippen molar-refractivity contribution in [3.8, 4) is 34.3 Å². The highest BCUT2D eigenvalue weighted by Crippen LogP contribution is 2.41. The van der Waals surface area contributed by atoms with E-state index in [1.807, 2.05) is 0 Å². The molecular weight excluding hydrogens is 889 g/mol. The Kier molecular flexibility index (Phi) is 9.57. The average Bonchev–Trinajstić information content (AvgIpc) is 4.10. The second-order valence-electron chi connectivity index (χ2n) is 18.7. The summed E-state index contributed by atoms with van der Waals surface area (Å²) in [7, 11) is -3.12. The van der Waals surface area contributed by atoms with Crippen LogP contribution in [0.1, 0.15) is 5.56 Å². The van der Waals surface area contributed by atoms with Crippen molar-refractivity contribution >= 4 is 94.2 Å². The van der Waals surface area contributed by atoms with E-state index in [-0.39, 0.29) is 0 Å². The molecule has 0 aliphatic rings. The maximum Gasteiger partial charge on any atom is 0.179 e. The molecule has 0 saturated heterocycles. The molecule has 336 valence electrons. The van der Waals surface area contributed by atoms with Gasteiger partial charge in [-0.1, -0.05) is 206 Å². The highest BCUT2D eigenvalue weighted by molar-refractivity contribution is 7.20. The molecule has 0 amide bonds. The summed E-state index contributed by atoms with van der Waals surface area (Å²) in [5.74, 6) is 0. The van der Waals surface area contributed by atoms with Crippen LogP contribution in [0, 0.1) is 11.3 Å². The molecule has 0 N–H and O–H groups in total. The van der Waals surface area contributed by atoms with Gasteiger partial charge in [-0.25, -0.2) is 0 Å². The van der Waals surface area contributed by atoms with Crippen LogP contribution in [0.3, 0.4) is 0 Å². The van der Waals surface area contributed by atoms with Crippen molar-refractivity contribution in [1.82, 2.24) is 13.7 Å². The third-order valence-electron chi connectivity index (χ3n) is 15.0. The Bertz CT molecular complexity index is 4070. The standard InChI is InChI=1S/C67H44N4Si/c68-45-59-66(70-62-36-18-12-30-55(62)56-31-13-19-37-63(56)70)42-47(43-67(59)71-64-38-20-14-32-57(64)58-33-15-21-39-65(58)71)46-40-48(69-60-34-16-10-28-53(60)54-29-11-17-35-61(54)69)44-52(41-46)72(49-22-4-1-5-23-49,50-24-6-2-7-25-50)51-26-8-3-9-27-51/h1-44H. The van der Waals surface area contributed by atoms with Gasteiger partial charge in [0.05, 0.1) is 44.5 Å². The maximum atomic E-state index is 11.8. The molecular formula is C67H44N4Si. The Hall–Kier alpha value is -9.47. The van der Waals surface area contributed by atoms with Crippen LogP contribution < -0.4 is 20.7 Å². The first-order valence-corrected chi connectivity index (χ1v) is 26.6. The van der Waals surface area contributed by atoms with Crippen LogP contribution in [0.15, 0.2) is 267 Å². The van der Waals surface area contributed by atoms with Gasteiger partial charge in [0.1, 0.15) is 11.6 Å². The molecule has 0 atom stereocenters. The zero-order valence-electron chi connectivity index (χ0n) is 39.2. The first-order chi connectivity index (χ1) is 35.7. The molecule has 4 nitrogen and oxygen atoms in total. The molecule has 0 unspecified atom stereocenters. The average molecular weight is 933 g/mol. The maximum absolute atomic E-state index is 11.8. The van der Waals surface area contributed by atoms with Gasteiger partial charge in [0.25, 0.3) is 0 Å². The first kappa shape index (κ1) is 41.5. The number of benzene rings is 11. The molecule has 0 radical (unpaired) electrons. The molecule has 0 spiro atoms. The molecule has 0 saturated carbocycles. The second kappa shape index (κ2) is 16.6. The van der Waals surface area contributed by atoms with Crippen molar-refractivity contribution in [3.05, 3.63) is 272 Å². The van der Waals surface area contributed by atoms with Gasteiger partial charge >= 0.3 is 0 Å². The smallest absolute Gasteiger partial charge is 0.179 e. The minimum atomic E-state index is -3.12. The minimum Gasteiger partial charge on any atom is -0.309 e. The van der Waals surface area contributed by atoms with Crippen molar-refractivity contribution in [1.29, 1.82) is 5.26 Å². The second-order valence-corrected chi connectivity index (χ2v) is 22.5. The minimum absolute atomic E-state index is 0.595. The fourth-order valence-electron chi connectivity index (χ4n) is 12.0. The summed E-state index contributed by atoms with van der Waals surface area (Å²) < 4.78 is 7.10. The summed E-state index contributed by atoms with van der Waals surface area (Å²) in [4.78, 5) is 0. The van der Waals surface area contributed by atoms with E-state index in [2.05, 4.69) is 287 Å².